The quantitative estimate of drug-likeness (QED) is 0.661. The molecule has 0 bridgehead atoms. The number of benzene rings is 1. The molecule has 2 aliphatic heterocycles. The van der Waals surface area contributed by atoms with Gasteiger partial charge >= 0.3 is 11.9 Å². The number of cyclic esters (lactones) is 1. The Morgan fingerprint density at radius 3 is 2.55 bits per heavy atom. The highest BCUT2D eigenvalue weighted by Gasteiger charge is 2.60. The lowest BCUT2D eigenvalue weighted by atomic mass is 9.49. The molecule has 4 rings (SSSR count). The minimum atomic E-state index is -0.922. The van der Waals surface area contributed by atoms with E-state index in [4.69, 9.17) is 18.9 Å². The van der Waals surface area contributed by atoms with E-state index >= 15 is 0 Å². The Bertz CT molecular complexity index is 992. The number of ether oxygens (including phenoxy) is 4. The predicted octanol–water partition coefficient (Wildman–Crippen LogP) is 4.12. The van der Waals surface area contributed by atoms with Crippen LogP contribution < -0.4 is 9.47 Å². The van der Waals surface area contributed by atoms with Gasteiger partial charge in [-0.05, 0) is 70.3 Å². The summed E-state index contributed by atoms with van der Waals surface area (Å²) in [6, 6.07) is 0. The van der Waals surface area contributed by atoms with E-state index in [-0.39, 0.29) is 36.8 Å². The van der Waals surface area contributed by atoms with Crippen LogP contribution in [0, 0.1) is 24.2 Å². The molecule has 4 atom stereocenters. The Morgan fingerprint density at radius 1 is 1.24 bits per heavy atom. The van der Waals surface area contributed by atoms with E-state index in [1.807, 2.05) is 20.8 Å². The smallest absolute Gasteiger partial charge is 0.342 e. The second kappa shape index (κ2) is 7.90. The molecule has 7 nitrogen and oxygen atoms in total. The van der Waals surface area contributed by atoms with Gasteiger partial charge in [0.2, 0.25) is 0 Å². The van der Waals surface area contributed by atoms with Gasteiger partial charge in [0.15, 0.2) is 0 Å². The summed E-state index contributed by atoms with van der Waals surface area (Å²) in [5.74, 6) is 0.632. The van der Waals surface area contributed by atoms with Gasteiger partial charge in [0, 0.05) is 23.5 Å². The highest BCUT2D eigenvalue weighted by Crippen LogP contribution is 2.61. The minimum absolute atomic E-state index is 0.00361. The molecule has 1 N–H and O–H groups in total. The largest absolute Gasteiger partial charge is 0.495 e. The van der Waals surface area contributed by atoms with Gasteiger partial charge in [-0.1, -0.05) is 6.92 Å². The van der Waals surface area contributed by atoms with Crippen molar-refractivity contribution in [2.75, 3.05) is 14.2 Å². The fourth-order valence-corrected chi connectivity index (χ4v) is 6.96. The molecule has 1 aromatic carbocycles. The molecule has 33 heavy (non-hydrogen) atoms. The molecule has 3 aliphatic rings. The van der Waals surface area contributed by atoms with Gasteiger partial charge in [0.1, 0.15) is 29.3 Å². The van der Waals surface area contributed by atoms with Gasteiger partial charge in [-0.2, -0.15) is 0 Å². The third kappa shape index (κ3) is 3.59. The number of fused-ring (bicyclic) bond motifs is 3. The summed E-state index contributed by atoms with van der Waals surface area (Å²) in [4.78, 5) is 24.6. The third-order valence-electron chi connectivity index (χ3n) is 8.58. The molecular formula is C26H36O7. The summed E-state index contributed by atoms with van der Waals surface area (Å²) in [5.41, 5.74) is 1.31. The lowest BCUT2D eigenvalue weighted by Crippen LogP contribution is -2.61. The van der Waals surface area contributed by atoms with E-state index < -0.39 is 16.6 Å². The Balaban J connectivity index is 1.86. The van der Waals surface area contributed by atoms with Crippen molar-refractivity contribution in [3.05, 3.63) is 22.3 Å². The zero-order valence-electron chi connectivity index (χ0n) is 20.8. The third-order valence-corrected chi connectivity index (χ3v) is 8.58. The fraction of sp³-hybridized carbons (Fsp3) is 0.692. The summed E-state index contributed by atoms with van der Waals surface area (Å²) in [6.07, 6.45) is 3.04. The van der Waals surface area contributed by atoms with Gasteiger partial charge in [-0.3, -0.25) is 4.79 Å². The zero-order chi connectivity index (χ0) is 24.3. The molecule has 2 heterocycles. The number of methoxy groups -OCH3 is 2. The maximum absolute atomic E-state index is 12.5. The Labute approximate surface area is 195 Å². The van der Waals surface area contributed by atoms with Crippen LogP contribution >= 0.6 is 0 Å². The molecule has 0 amide bonds. The Kier molecular flexibility index (Phi) is 5.71. The molecule has 0 spiro atoms. The molecule has 0 aromatic heterocycles. The predicted molar refractivity (Wildman–Crippen MR) is 121 cm³/mol. The van der Waals surface area contributed by atoms with Gasteiger partial charge in [0.25, 0.3) is 0 Å². The van der Waals surface area contributed by atoms with Gasteiger partial charge < -0.3 is 24.1 Å². The normalized spacial score (nSPS) is 30.5. The van der Waals surface area contributed by atoms with E-state index in [2.05, 4.69) is 13.8 Å². The van der Waals surface area contributed by atoms with Crippen LogP contribution in [0.2, 0.25) is 0 Å². The van der Waals surface area contributed by atoms with Crippen LogP contribution in [0.1, 0.15) is 80.4 Å². The number of aliphatic hydroxyl groups is 1. The number of carbonyl (C=O) groups excluding carboxylic acids is 2. The van der Waals surface area contributed by atoms with Crippen molar-refractivity contribution in [3.63, 3.8) is 0 Å². The van der Waals surface area contributed by atoms with Crippen LogP contribution in [0.25, 0.3) is 0 Å². The molecule has 7 heteroatoms. The van der Waals surface area contributed by atoms with Crippen molar-refractivity contribution in [2.24, 2.45) is 17.3 Å². The first-order valence-electron chi connectivity index (χ1n) is 11.7. The average Bonchev–Trinajstić information content (AvgIpc) is 3.13. The van der Waals surface area contributed by atoms with Crippen molar-refractivity contribution >= 4 is 11.9 Å². The first-order valence-corrected chi connectivity index (χ1v) is 11.7. The fourth-order valence-electron chi connectivity index (χ4n) is 6.96. The number of rotatable bonds is 5. The van der Waals surface area contributed by atoms with Crippen molar-refractivity contribution in [2.45, 2.75) is 84.5 Å². The van der Waals surface area contributed by atoms with E-state index in [0.29, 0.717) is 24.2 Å². The van der Waals surface area contributed by atoms with E-state index in [0.717, 1.165) is 35.3 Å². The summed E-state index contributed by atoms with van der Waals surface area (Å²) in [6.45, 7) is 10.2. The van der Waals surface area contributed by atoms with E-state index in [9.17, 15) is 14.7 Å². The maximum Gasteiger partial charge on any atom is 0.342 e. The highest BCUT2D eigenvalue weighted by molar-refractivity contribution is 5.98. The molecule has 0 radical (unpaired) electrons. The van der Waals surface area contributed by atoms with E-state index in [1.54, 1.807) is 7.11 Å². The lowest BCUT2D eigenvalue weighted by Gasteiger charge is -2.60. The van der Waals surface area contributed by atoms with E-state index in [1.165, 1.54) is 7.11 Å². The molecule has 0 saturated heterocycles. The molecule has 182 valence electrons. The molecule has 1 aliphatic carbocycles. The lowest BCUT2D eigenvalue weighted by molar-refractivity contribution is -0.171. The molecular weight excluding hydrogens is 424 g/mol. The summed E-state index contributed by atoms with van der Waals surface area (Å²) >= 11 is 0. The highest BCUT2D eigenvalue weighted by atomic mass is 16.5. The molecule has 1 saturated carbocycles. The number of hydrogen-bond donors (Lipinski definition) is 1. The first-order chi connectivity index (χ1) is 15.4. The maximum atomic E-state index is 12.5. The van der Waals surface area contributed by atoms with Gasteiger partial charge in [-0.15, -0.1) is 0 Å². The monoisotopic (exact) mass is 460 g/mol. The van der Waals surface area contributed by atoms with Crippen LogP contribution in [0.5, 0.6) is 11.5 Å². The standard InChI is InChI=1S/C26H36O7/c1-14-16-13-32-23(28)20(16)22(31-7)15-12-18-25(4,10-9-19(27)30-6)17(24(2,3)29)8-11-26(18,5)33-21(14)15/h17-18,29H,8-13H2,1-7H3. The van der Waals surface area contributed by atoms with Crippen molar-refractivity contribution in [3.8, 4) is 11.5 Å². The van der Waals surface area contributed by atoms with Crippen LogP contribution in [-0.2, 0) is 27.3 Å². The number of hydrogen-bond acceptors (Lipinski definition) is 7. The zero-order valence-corrected chi connectivity index (χ0v) is 20.8. The molecule has 1 fully saturated rings. The van der Waals surface area contributed by atoms with Crippen molar-refractivity contribution in [1.29, 1.82) is 0 Å². The summed E-state index contributed by atoms with van der Waals surface area (Å²) in [7, 11) is 2.97. The first kappa shape index (κ1) is 23.9. The molecule has 4 unspecified atom stereocenters. The van der Waals surface area contributed by atoms with Crippen LogP contribution in [0.15, 0.2) is 0 Å². The number of carbonyl (C=O) groups is 2. The number of esters is 2. The van der Waals surface area contributed by atoms with Crippen molar-refractivity contribution in [1.82, 2.24) is 0 Å². The van der Waals surface area contributed by atoms with Gasteiger partial charge in [-0.25, -0.2) is 4.79 Å². The van der Waals surface area contributed by atoms with Crippen molar-refractivity contribution < 1.29 is 33.6 Å². The average molecular weight is 461 g/mol. The van der Waals surface area contributed by atoms with Crippen LogP contribution in [0.3, 0.4) is 0 Å². The van der Waals surface area contributed by atoms with Crippen LogP contribution in [0.4, 0.5) is 0 Å². The second-order valence-electron chi connectivity index (χ2n) is 10.9. The minimum Gasteiger partial charge on any atom is -0.495 e. The van der Waals surface area contributed by atoms with Gasteiger partial charge in [0.05, 0.1) is 19.8 Å². The summed E-state index contributed by atoms with van der Waals surface area (Å²) in [5, 5.41) is 11.1. The molecule has 1 aromatic rings. The SMILES string of the molecule is COC(=O)CCC1(C)C(C(C)(C)O)CCC2(C)Oc3c(C)c4c(c(OC)c3CC21)C(=O)OC4. The summed E-state index contributed by atoms with van der Waals surface area (Å²) < 4.78 is 22.8. The topological polar surface area (TPSA) is 91.3 Å². The van der Waals surface area contributed by atoms with Crippen LogP contribution in [-0.4, -0.2) is 42.5 Å². The Morgan fingerprint density at radius 2 is 1.94 bits per heavy atom. The second-order valence-corrected chi connectivity index (χ2v) is 10.9. The Hall–Kier alpha value is -2.28.